The lowest BCUT2D eigenvalue weighted by Gasteiger charge is -2.19. The number of aromatic nitrogens is 2. The minimum Gasteiger partial charge on any atom is -0.465 e. The molecular weight excluding hydrogens is 348 g/mol. The zero-order valence-corrected chi connectivity index (χ0v) is 14.2. The first-order valence-electron chi connectivity index (χ1n) is 7.77. The van der Waals surface area contributed by atoms with Crippen molar-refractivity contribution in [2.24, 2.45) is 5.92 Å². The van der Waals surface area contributed by atoms with Crippen LogP contribution in [0.15, 0.2) is 33.3 Å². The van der Waals surface area contributed by atoms with Gasteiger partial charge in [-0.2, -0.15) is 0 Å². The second-order valence-electron chi connectivity index (χ2n) is 6.03. The van der Waals surface area contributed by atoms with Crippen LogP contribution in [0.25, 0.3) is 10.4 Å². The van der Waals surface area contributed by atoms with Gasteiger partial charge < -0.3 is 14.9 Å². The number of nitrogens with one attached hydrogen (secondary N) is 1. The largest absolute Gasteiger partial charge is 0.465 e. The Morgan fingerprint density at radius 1 is 1.40 bits per heavy atom. The Labute approximate surface area is 146 Å². The number of rotatable bonds is 4. The van der Waals surface area contributed by atoms with Crippen LogP contribution in [0.3, 0.4) is 0 Å². The Morgan fingerprint density at radius 2 is 2.16 bits per heavy atom. The number of aromatic amines is 1. The first-order valence-corrected chi connectivity index (χ1v) is 8.65. The highest BCUT2D eigenvalue weighted by Gasteiger charge is 2.43. The van der Waals surface area contributed by atoms with Gasteiger partial charge in [-0.25, -0.2) is 4.79 Å². The number of aliphatic hydroxyl groups is 2. The summed E-state index contributed by atoms with van der Waals surface area (Å²) in [5.41, 5.74) is -0.845. The number of thiophene rings is 1. The maximum Gasteiger partial charge on any atom is 0.328 e. The van der Waals surface area contributed by atoms with Crippen molar-refractivity contribution in [1.82, 2.24) is 9.55 Å². The van der Waals surface area contributed by atoms with Crippen LogP contribution >= 0.6 is 11.3 Å². The van der Waals surface area contributed by atoms with Crippen molar-refractivity contribution in [3.63, 3.8) is 0 Å². The van der Waals surface area contributed by atoms with E-state index in [2.05, 4.69) is 4.98 Å². The summed E-state index contributed by atoms with van der Waals surface area (Å²) in [6.07, 6.45) is -0.693. The number of esters is 1. The lowest BCUT2D eigenvalue weighted by Crippen LogP contribution is -2.37. The Morgan fingerprint density at radius 3 is 2.80 bits per heavy atom. The molecule has 0 radical (unpaired) electrons. The number of carbonyl (C=O) groups excluding carboxylic acids is 1. The summed E-state index contributed by atoms with van der Waals surface area (Å²) in [4.78, 5) is 38.2. The lowest BCUT2D eigenvalue weighted by molar-refractivity contribution is -0.143. The Balaban J connectivity index is 1.93. The molecule has 1 aliphatic rings. The Bertz CT molecular complexity index is 871. The summed E-state index contributed by atoms with van der Waals surface area (Å²) < 4.78 is 6.14. The topological polar surface area (TPSA) is 122 Å². The second-order valence-corrected chi connectivity index (χ2v) is 6.98. The van der Waals surface area contributed by atoms with E-state index in [1.54, 1.807) is 12.1 Å². The summed E-state index contributed by atoms with van der Waals surface area (Å²) in [5.74, 6) is -0.973. The lowest BCUT2D eigenvalue weighted by atomic mass is 10.1. The van der Waals surface area contributed by atoms with Crippen molar-refractivity contribution in [2.75, 3.05) is 6.61 Å². The van der Waals surface area contributed by atoms with Gasteiger partial charge >= 0.3 is 11.7 Å². The van der Waals surface area contributed by atoms with Crippen LogP contribution in [-0.4, -0.2) is 44.5 Å². The highest BCUT2D eigenvalue weighted by atomic mass is 32.1. The smallest absolute Gasteiger partial charge is 0.328 e. The second kappa shape index (κ2) is 6.95. The third kappa shape index (κ3) is 3.44. The molecule has 2 heterocycles. The molecule has 1 saturated carbocycles. The molecule has 8 nitrogen and oxygen atoms in total. The van der Waals surface area contributed by atoms with Crippen LogP contribution in [0.1, 0.15) is 19.4 Å². The van der Waals surface area contributed by atoms with Gasteiger partial charge in [0.15, 0.2) is 0 Å². The van der Waals surface area contributed by atoms with E-state index < -0.39 is 41.4 Å². The molecule has 134 valence electrons. The summed E-state index contributed by atoms with van der Waals surface area (Å²) in [5, 5.41) is 22.3. The van der Waals surface area contributed by atoms with Gasteiger partial charge in [-0.1, -0.05) is 6.07 Å². The van der Waals surface area contributed by atoms with Gasteiger partial charge in [-0.15, -0.1) is 11.3 Å². The zero-order chi connectivity index (χ0) is 18.1. The molecule has 0 spiro atoms. The van der Waals surface area contributed by atoms with Crippen LogP contribution in [0.2, 0.25) is 0 Å². The number of hydrogen-bond donors (Lipinski definition) is 3. The van der Waals surface area contributed by atoms with E-state index in [4.69, 9.17) is 4.74 Å². The number of H-pyrrole nitrogens is 1. The molecule has 2 aromatic rings. The molecule has 4 atom stereocenters. The number of ether oxygens (including phenoxy) is 1. The van der Waals surface area contributed by atoms with Crippen LogP contribution in [-0.2, 0) is 9.53 Å². The summed E-state index contributed by atoms with van der Waals surface area (Å²) in [7, 11) is 0. The van der Waals surface area contributed by atoms with E-state index in [9.17, 15) is 24.6 Å². The first-order chi connectivity index (χ1) is 11.9. The number of carbonyl (C=O) groups is 1. The highest BCUT2D eigenvalue weighted by Crippen LogP contribution is 2.35. The third-order valence-corrected chi connectivity index (χ3v) is 5.29. The molecule has 9 heteroatoms. The maximum atomic E-state index is 12.2. The SMILES string of the molecule is CC(=O)OC[C@H]1C[C@@H](n2cc(-c3cccs3)c(=O)[nH]c2=O)[C@H](O)[C@@H]1O. The molecule has 3 rings (SSSR count). The Kier molecular flexibility index (Phi) is 4.89. The van der Waals surface area contributed by atoms with Crippen LogP contribution in [0.5, 0.6) is 0 Å². The minimum absolute atomic E-state index is 0.0417. The predicted molar refractivity (Wildman–Crippen MR) is 90.4 cm³/mol. The average Bonchev–Trinajstić information content (AvgIpc) is 3.17. The predicted octanol–water partition coefficient (Wildman–Crippen LogP) is 0.111. The molecule has 1 fully saturated rings. The third-order valence-electron chi connectivity index (χ3n) is 4.38. The Hall–Kier alpha value is -2.23. The number of nitrogens with zero attached hydrogens (tertiary/aromatic N) is 1. The number of hydrogen-bond acceptors (Lipinski definition) is 7. The van der Waals surface area contributed by atoms with E-state index in [1.807, 2.05) is 5.38 Å². The van der Waals surface area contributed by atoms with Crippen molar-refractivity contribution in [1.29, 1.82) is 0 Å². The van der Waals surface area contributed by atoms with Gasteiger partial charge in [0.25, 0.3) is 5.56 Å². The van der Waals surface area contributed by atoms with Gasteiger partial charge in [0, 0.05) is 23.9 Å². The molecule has 2 aromatic heterocycles. The monoisotopic (exact) mass is 366 g/mol. The summed E-state index contributed by atoms with van der Waals surface area (Å²) in [6.45, 7) is 1.22. The summed E-state index contributed by atoms with van der Waals surface area (Å²) >= 11 is 1.36. The average molecular weight is 366 g/mol. The fraction of sp³-hybridized carbons (Fsp3) is 0.438. The van der Waals surface area contributed by atoms with Crippen LogP contribution < -0.4 is 11.2 Å². The van der Waals surface area contributed by atoms with Crippen LogP contribution in [0, 0.1) is 5.92 Å². The highest BCUT2D eigenvalue weighted by molar-refractivity contribution is 7.13. The van der Waals surface area contributed by atoms with Crippen molar-refractivity contribution in [3.05, 3.63) is 44.5 Å². The molecule has 0 amide bonds. The van der Waals surface area contributed by atoms with Gasteiger partial charge in [-0.3, -0.25) is 19.1 Å². The van der Waals surface area contributed by atoms with Gasteiger partial charge in [0.05, 0.1) is 24.3 Å². The molecule has 0 unspecified atom stereocenters. The zero-order valence-electron chi connectivity index (χ0n) is 13.4. The number of aliphatic hydroxyl groups excluding tert-OH is 2. The van der Waals surface area contributed by atoms with Crippen molar-refractivity contribution < 1.29 is 19.7 Å². The minimum atomic E-state index is -1.21. The molecular formula is C16H18N2O6S. The molecule has 0 aliphatic heterocycles. The molecule has 0 bridgehead atoms. The van der Waals surface area contributed by atoms with E-state index >= 15 is 0 Å². The van der Waals surface area contributed by atoms with Crippen molar-refractivity contribution >= 4 is 17.3 Å². The quantitative estimate of drug-likeness (QED) is 0.661. The van der Waals surface area contributed by atoms with Crippen molar-refractivity contribution in [3.8, 4) is 10.4 Å². The molecule has 0 saturated heterocycles. The summed E-state index contributed by atoms with van der Waals surface area (Å²) in [6, 6.07) is 2.82. The fourth-order valence-electron chi connectivity index (χ4n) is 3.10. The maximum absolute atomic E-state index is 12.2. The standard InChI is InChI=1S/C16H18N2O6S/c1-8(19)24-7-9-5-11(14(21)13(9)20)18-6-10(12-3-2-4-25-12)15(22)17-16(18)23/h2-4,6,9,11,13-14,20-21H,5,7H2,1H3,(H,17,22,23)/t9-,11-,13-,14+/m1/s1. The van der Waals surface area contributed by atoms with Crippen LogP contribution in [0.4, 0.5) is 0 Å². The normalized spacial score (nSPS) is 25.9. The molecule has 0 aromatic carbocycles. The molecule has 3 N–H and O–H groups in total. The van der Waals surface area contributed by atoms with E-state index in [1.165, 1.54) is 29.0 Å². The van der Waals surface area contributed by atoms with Gasteiger partial charge in [0.1, 0.15) is 6.10 Å². The van der Waals surface area contributed by atoms with E-state index in [-0.39, 0.29) is 13.0 Å². The van der Waals surface area contributed by atoms with Gasteiger partial charge in [0.2, 0.25) is 0 Å². The molecule has 1 aliphatic carbocycles. The van der Waals surface area contributed by atoms with Gasteiger partial charge in [-0.05, 0) is 17.9 Å². The van der Waals surface area contributed by atoms with Crippen molar-refractivity contribution in [2.45, 2.75) is 31.6 Å². The fourth-order valence-corrected chi connectivity index (χ4v) is 3.84. The first kappa shape index (κ1) is 17.6. The van der Waals surface area contributed by atoms with E-state index in [0.717, 1.165) is 0 Å². The molecule has 25 heavy (non-hydrogen) atoms. The van der Waals surface area contributed by atoms with E-state index in [0.29, 0.717) is 10.4 Å².